The predicted molar refractivity (Wildman–Crippen MR) is 104 cm³/mol. The maximum absolute atomic E-state index is 13.0. The van der Waals surface area contributed by atoms with Crippen molar-refractivity contribution in [3.05, 3.63) is 41.2 Å². The molecule has 1 saturated carbocycles. The van der Waals surface area contributed by atoms with Gasteiger partial charge in [0.2, 0.25) is 0 Å². The molecule has 4 rings (SSSR count). The highest BCUT2D eigenvalue weighted by Crippen LogP contribution is 2.35. The van der Waals surface area contributed by atoms with Gasteiger partial charge in [-0.15, -0.1) is 11.3 Å². The number of aromatic nitrogens is 1. The summed E-state index contributed by atoms with van der Waals surface area (Å²) in [5.41, 5.74) is 0.907. The number of hydrogen-bond donors (Lipinski definition) is 0. The van der Waals surface area contributed by atoms with Crippen LogP contribution < -0.4 is 0 Å². The van der Waals surface area contributed by atoms with Crippen LogP contribution in [0, 0.1) is 11.7 Å². The molecule has 0 unspecified atom stereocenters. The molecule has 1 aromatic carbocycles. The molecule has 1 saturated heterocycles. The Kier molecular flexibility index (Phi) is 5.71. The van der Waals surface area contributed by atoms with Gasteiger partial charge in [0.15, 0.2) is 12.3 Å². The number of carbonyl (C=O) groups excluding carboxylic acids is 2. The monoisotopic (exact) mass is 402 g/mol. The van der Waals surface area contributed by atoms with Gasteiger partial charge in [-0.3, -0.25) is 4.79 Å². The number of thiazole rings is 1. The third kappa shape index (κ3) is 4.09. The van der Waals surface area contributed by atoms with Crippen molar-refractivity contribution in [2.75, 3.05) is 13.2 Å². The molecule has 0 bridgehead atoms. The van der Waals surface area contributed by atoms with Gasteiger partial charge in [0.1, 0.15) is 10.8 Å². The van der Waals surface area contributed by atoms with Crippen molar-refractivity contribution < 1.29 is 18.7 Å². The molecule has 148 valence electrons. The van der Waals surface area contributed by atoms with E-state index in [1.54, 1.807) is 17.5 Å². The third-order valence-electron chi connectivity index (χ3n) is 5.69. The first-order valence-electron chi connectivity index (χ1n) is 9.80. The van der Waals surface area contributed by atoms with E-state index < -0.39 is 5.97 Å². The molecule has 0 spiro atoms. The highest BCUT2D eigenvalue weighted by molar-refractivity contribution is 7.13. The number of benzene rings is 1. The second-order valence-electron chi connectivity index (χ2n) is 7.46. The van der Waals surface area contributed by atoms with Gasteiger partial charge >= 0.3 is 5.97 Å². The van der Waals surface area contributed by atoms with Gasteiger partial charge in [-0.2, -0.15) is 0 Å². The maximum Gasteiger partial charge on any atom is 0.358 e. The molecule has 1 aliphatic carbocycles. The van der Waals surface area contributed by atoms with Crippen molar-refractivity contribution in [3.8, 4) is 10.6 Å². The molecular weight excluding hydrogens is 379 g/mol. The van der Waals surface area contributed by atoms with Gasteiger partial charge < -0.3 is 9.64 Å². The maximum atomic E-state index is 13.0. The van der Waals surface area contributed by atoms with E-state index in [9.17, 15) is 14.0 Å². The average Bonchev–Trinajstić information content (AvgIpc) is 3.22. The summed E-state index contributed by atoms with van der Waals surface area (Å²) in [6.45, 7) is 0.508. The van der Waals surface area contributed by atoms with Crippen LogP contribution in [-0.4, -0.2) is 41.0 Å². The molecule has 1 aliphatic heterocycles. The van der Waals surface area contributed by atoms with Gasteiger partial charge in [0, 0.05) is 23.5 Å². The molecule has 2 heterocycles. The fourth-order valence-corrected chi connectivity index (χ4v) is 5.11. The average molecular weight is 402 g/mol. The summed E-state index contributed by atoms with van der Waals surface area (Å²) in [6, 6.07) is 6.24. The molecule has 2 fully saturated rings. The van der Waals surface area contributed by atoms with Crippen molar-refractivity contribution in [2.45, 2.75) is 44.6 Å². The minimum absolute atomic E-state index is 0.112. The van der Waals surface area contributed by atoms with Crippen molar-refractivity contribution in [1.29, 1.82) is 0 Å². The van der Waals surface area contributed by atoms with Gasteiger partial charge in [0.25, 0.3) is 5.91 Å². The fraction of sp³-hybridized carbons (Fsp3) is 0.476. The summed E-state index contributed by atoms with van der Waals surface area (Å²) in [4.78, 5) is 31.1. The van der Waals surface area contributed by atoms with E-state index in [-0.39, 0.29) is 24.0 Å². The number of hydrogen-bond acceptors (Lipinski definition) is 5. The second-order valence-corrected chi connectivity index (χ2v) is 8.32. The summed E-state index contributed by atoms with van der Waals surface area (Å²) in [5.74, 6) is -0.440. The minimum Gasteiger partial charge on any atom is -0.451 e. The van der Waals surface area contributed by atoms with E-state index in [2.05, 4.69) is 4.98 Å². The van der Waals surface area contributed by atoms with Crippen LogP contribution in [0.25, 0.3) is 10.6 Å². The highest BCUT2D eigenvalue weighted by Gasteiger charge is 2.35. The van der Waals surface area contributed by atoms with E-state index in [0.29, 0.717) is 17.0 Å². The molecule has 0 N–H and O–H groups in total. The zero-order valence-corrected chi connectivity index (χ0v) is 16.4. The number of piperidine rings is 1. The number of esters is 1. The van der Waals surface area contributed by atoms with E-state index >= 15 is 0 Å². The van der Waals surface area contributed by atoms with E-state index in [1.807, 2.05) is 4.90 Å². The number of carbonyl (C=O) groups is 2. The lowest BCUT2D eigenvalue weighted by Crippen LogP contribution is -2.50. The zero-order valence-electron chi connectivity index (χ0n) is 15.6. The number of fused-ring (bicyclic) bond motifs is 1. The van der Waals surface area contributed by atoms with Gasteiger partial charge in [-0.1, -0.05) is 12.8 Å². The first kappa shape index (κ1) is 19.1. The third-order valence-corrected chi connectivity index (χ3v) is 6.59. The largest absolute Gasteiger partial charge is 0.451 e. The number of likely N-dealkylation sites (tertiary alicyclic amines) is 1. The van der Waals surface area contributed by atoms with Crippen LogP contribution >= 0.6 is 11.3 Å². The Morgan fingerprint density at radius 2 is 1.89 bits per heavy atom. The molecule has 28 heavy (non-hydrogen) atoms. The Labute approximate surface area is 167 Å². The lowest BCUT2D eigenvalue weighted by Gasteiger charge is -2.44. The number of nitrogens with zero attached hydrogens (tertiary/aromatic N) is 2. The quantitative estimate of drug-likeness (QED) is 0.716. The zero-order chi connectivity index (χ0) is 19.5. The number of halogens is 1. The van der Waals surface area contributed by atoms with Crippen LogP contribution in [0.2, 0.25) is 0 Å². The molecule has 1 aromatic heterocycles. The minimum atomic E-state index is -0.602. The van der Waals surface area contributed by atoms with E-state index in [4.69, 9.17) is 4.74 Å². The van der Waals surface area contributed by atoms with Crippen molar-refractivity contribution in [1.82, 2.24) is 9.88 Å². The standard InChI is InChI=1S/C21H23FN2O3S/c22-16-9-7-15(8-10-16)20-23-17(13-28-20)21(26)27-12-19(25)24-11-3-5-14-4-1-2-6-18(14)24/h7-10,13-14,18H,1-6,11-12H2/t14-,18+/m0/s1. The Bertz CT molecular complexity index is 850. The Balaban J connectivity index is 1.35. The summed E-state index contributed by atoms with van der Waals surface area (Å²) in [6.07, 6.45) is 6.87. The summed E-state index contributed by atoms with van der Waals surface area (Å²) in [7, 11) is 0. The molecule has 2 aliphatic rings. The molecule has 2 aromatic rings. The number of amides is 1. The first-order chi connectivity index (χ1) is 13.6. The van der Waals surface area contributed by atoms with Crippen LogP contribution in [-0.2, 0) is 9.53 Å². The fourth-order valence-electron chi connectivity index (χ4n) is 4.31. The first-order valence-corrected chi connectivity index (χ1v) is 10.7. The SMILES string of the molecule is O=C(OCC(=O)N1CCC[C@@H]2CCCC[C@H]21)c1csc(-c2ccc(F)cc2)n1. The Morgan fingerprint density at radius 3 is 2.71 bits per heavy atom. The normalized spacial score (nSPS) is 21.8. The lowest BCUT2D eigenvalue weighted by molar-refractivity contribution is -0.140. The summed E-state index contributed by atoms with van der Waals surface area (Å²) < 4.78 is 18.3. The Hall–Kier alpha value is -2.28. The van der Waals surface area contributed by atoms with Crippen molar-refractivity contribution in [3.63, 3.8) is 0 Å². The van der Waals surface area contributed by atoms with E-state index in [0.717, 1.165) is 31.4 Å². The van der Waals surface area contributed by atoms with E-state index in [1.165, 1.54) is 42.7 Å². The predicted octanol–water partition coefficient (Wildman–Crippen LogP) is 4.29. The van der Waals surface area contributed by atoms with Crippen LogP contribution in [0.1, 0.15) is 49.0 Å². The highest BCUT2D eigenvalue weighted by atomic mass is 32.1. The summed E-state index contributed by atoms with van der Waals surface area (Å²) in [5, 5.41) is 2.21. The molecular formula is C21H23FN2O3S. The van der Waals surface area contributed by atoms with Gasteiger partial charge in [-0.05, 0) is 55.9 Å². The van der Waals surface area contributed by atoms with Gasteiger partial charge in [-0.25, -0.2) is 14.2 Å². The number of ether oxygens (including phenoxy) is 1. The lowest BCUT2D eigenvalue weighted by atomic mass is 9.78. The van der Waals surface area contributed by atoms with Crippen LogP contribution in [0.3, 0.4) is 0 Å². The topological polar surface area (TPSA) is 59.5 Å². The molecule has 0 radical (unpaired) electrons. The smallest absolute Gasteiger partial charge is 0.358 e. The van der Waals surface area contributed by atoms with Crippen molar-refractivity contribution in [2.24, 2.45) is 5.92 Å². The molecule has 1 amide bonds. The molecule has 5 nitrogen and oxygen atoms in total. The molecule has 7 heteroatoms. The van der Waals surface area contributed by atoms with Crippen LogP contribution in [0.15, 0.2) is 29.6 Å². The Morgan fingerprint density at radius 1 is 1.14 bits per heavy atom. The molecule has 2 atom stereocenters. The second kappa shape index (κ2) is 8.39. The van der Waals surface area contributed by atoms with Crippen molar-refractivity contribution >= 4 is 23.2 Å². The summed E-state index contributed by atoms with van der Waals surface area (Å²) >= 11 is 1.28. The number of rotatable bonds is 4. The van der Waals surface area contributed by atoms with Gasteiger partial charge in [0.05, 0.1) is 0 Å². The van der Waals surface area contributed by atoms with Crippen LogP contribution in [0.4, 0.5) is 4.39 Å². The van der Waals surface area contributed by atoms with Crippen LogP contribution in [0.5, 0.6) is 0 Å².